The van der Waals surface area contributed by atoms with Gasteiger partial charge < -0.3 is 10.4 Å². The molecule has 0 aliphatic heterocycles. The molecule has 0 saturated heterocycles. The number of aromatic hydroxyl groups is 1. The molecule has 2 heterocycles. The molecule has 0 radical (unpaired) electrons. The fourth-order valence-corrected chi connectivity index (χ4v) is 2.88. The first-order valence-corrected chi connectivity index (χ1v) is 8.15. The van der Waals surface area contributed by atoms with Gasteiger partial charge in [0.1, 0.15) is 17.3 Å². The van der Waals surface area contributed by atoms with Gasteiger partial charge >= 0.3 is 0 Å². The summed E-state index contributed by atoms with van der Waals surface area (Å²) in [6.07, 6.45) is 5.19. The van der Waals surface area contributed by atoms with Gasteiger partial charge in [-0.05, 0) is 36.8 Å². The molecule has 0 fully saturated rings. The minimum absolute atomic E-state index is 0.170. The standard InChI is InChI=1S/C19H15ClN4O/c1-12-6-7-13(10-15(12)20)22-19-18(14-4-2-3-5-16(14)25)23-17-11-21-8-9-24(17)19/h2-11,22,25H,1H3. The fraction of sp³-hybridized carbons (Fsp3) is 0.0526. The van der Waals surface area contributed by atoms with Gasteiger partial charge in [0.2, 0.25) is 0 Å². The lowest BCUT2D eigenvalue weighted by Gasteiger charge is -2.10. The van der Waals surface area contributed by atoms with Crippen LogP contribution in [0.5, 0.6) is 5.75 Å². The first kappa shape index (κ1) is 15.5. The van der Waals surface area contributed by atoms with E-state index in [1.54, 1.807) is 24.5 Å². The summed E-state index contributed by atoms with van der Waals surface area (Å²) in [6, 6.07) is 12.9. The van der Waals surface area contributed by atoms with Crippen molar-refractivity contribution in [3.05, 3.63) is 71.6 Å². The van der Waals surface area contributed by atoms with Crippen LogP contribution in [0.3, 0.4) is 0 Å². The van der Waals surface area contributed by atoms with E-state index in [9.17, 15) is 5.11 Å². The molecule has 0 bridgehead atoms. The highest BCUT2D eigenvalue weighted by Gasteiger charge is 2.17. The van der Waals surface area contributed by atoms with E-state index >= 15 is 0 Å². The third-order valence-corrected chi connectivity index (χ3v) is 4.43. The highest BCUT2D eigenvalue weighted by Crippen LogP contribution is 2.36. The molecule has 124 valence electrons. The molecule has 5 nitrogen and oxygen atoms in total. The van der Waals surface area contributed by atoms with E-state index in [4.69, 9.17) is 11.6 Å². The second kappa shape index (κ2) is 6.11. The van der Waals surface area contributed by atoms with E-state index in [1.807, 2.05) is 47.9 Å². The zero-order valence-corrected chi connectivity index (χ0v) is 14.2. The second-order valence-corrected chi connectivity index (χ2v) is 6.13. The van der Waals surface area contributed by atoms with Gasteiger partial charge in [-0.15, -0.1) is 0 Å². The zero-order valence-electron chi connectivity index (χ0n) is 13.4. The quantitative estimate of drug-likeness (QED) is 0.556. The lowest BCUT2D eigenvalue weighted by Crippen LogP contribution is -1.97. The number of halogens is 1. The molecule has 0 aliphatic carbocycles. The van der Waals surface area contributed by atoms with Crippen molar-refractivity contribution >= 4 is 28.8 Å². The van der Waals surface area contributed by atoms with Crippen LogP contribution in [0.15, 0.2) is 61.1 Å². The van der Waals surface area contributed by atoms with Crippen LogP contribution in [0.1, 0.15) is 5.56 Å². The number of imidazole rings is 1. The lowest BCUT2D eigenvalue weighted by molar-refractivity contribution is 0.477. The number of aromatic nitrogens is 3. The molecule has 2 aromatic heterocycles. The van der Waals surface area contributed by atoms with E-state index in [0.29, 0.717) is 21.9 Å². The Morgan fingerprint density at radius 2 is 2.00 bits per heavy atom. The van der Waals surface area contributed by atoms with Crippen LogP contribution >= 0.6 is 11.6 Å². The van der Waals surface area contributed by atoms with Crippen molar-refractivity contribution in [2.24, 2.45) is 0 Å². The van der Waals surface area contributed by atoms with Gasteiger partial charge in [-0.1, -0.05) is 29.8 Å². The number of phenolic OH excluding ortho intramolecular Hbond substituents is 1. The fourth-order valence-electron chi connectivity index (χ4n) is 2.70. The number of para-hydroxylation sites is 1. The Labute approximate surface area is 149 Å². The Morgan fingerprint density at radius 3 is 2.80 bits per heavy atom. The van der Waals surface area contributed by atoms with Crippen LogP contribution in [0.2, 0.25) is 5.02 Å². The van der Waals surface area contributed by atoms with Gasteiger partial charge in [0.05, 0.1) is 6.20 Å². The zero-order chi connectivity index (χ0) is 17.4. The molecule has 25 heavy (non-hydrogen) atoms. The van der Waals surface area contributed by atoms with Gasteiger partial charge in [0, 0.05) is 28.7 Å². The third kappa shape index (κ3) is 2.79. The van der Waals surface area contributed by atoms with Crippen LogP contribution in [-0.4, -0.2) is 19.5 Å². The molecular weight excluding hydrogens is 336 g/mol. The monoisotopic (exact) mass is 350 g/mol. The number of hydrogen-bond donors (Lipinski definition) is 2. The summed E-state index contributed by atoms with van der Waals surface area (Å²) >= 11 is 6.24. The summed E-state index contributed by atoms with van der Waals surface area (Å²) in [5, 5.41) is 14.3. The highest BCUT2D eigenvalue weighted by molar-refractivity contribution is 6.31. The van der Waals surface area contributed by atoms with Gasteiger partial charge in [-0.3, -0.25) is 9.38 Å². The number of hydrogen-bond acceptors (Lipinski definition) is 4. The van der Waals surface area contributed by atoms with Crippen LogP contribution in [0, 0.1) is 6.92 Å². The lowest BCUT2D eigenvalue weighted by atomic mass is 10.1. The van der Waals surface area contributed by atoms with Gasteiger partial charge in [-0.2, -0.15) is 0 Å². The van der Waals surface area contributed by atoms with E-state index in [-0.39, 0.29) is 5.75 Å². The molecule has 0 saturated carbocycles. The van der Waals surface area contributed by atoms with Crippen LogP contribution < -0.4 is 5.32 Å². The minimum Gasteiger partial charge on any atom is -0.507 e. The highest BCUT2D eigenvalue weighted by atomic mass is 35.5. The van der Waals surface area contributed by atoms with Gasteiger partial charge in [0.15, 0.2) is 5.65 Å². The van der Waals surface area contributed by atoms with Crippen molar-refractivity contribution in [2.45, 2.75) is 6.92 Å². The third-order valence-electron chi connectivity index (χ3n) is 4.02. The molecular formula is C19H15ClN4O. The summed E-state index contributed by atoms with van der Waals surface area (Å²) in [7, 11) is 0. The van der Waals surface area contributed by atoms with Crippen LogP contribution in [0.25, 0.3) is 16.9 Å². The number of phenols is 1. The van der Waals surface area contributed by atoms with Crippen molar-refractivity contribution in [2.75, 3.05) is 5.32 Å². The molecule has 2 N–H and O–H groups in total. The molecule has 6 heteroatoms. The van der Waals surface area contributed by atoms with Crippen molar-refractivity contribution in [3.8, 4) is 17.0 Å². The predicted octanol–water partition coefficient (Wildman–Crippen LogP) is 4.81. The van der Waals surface area contributed by atoms with Crippen molar-refractivity contribution in [1.82, 2.24) is 14.4 Å². The molecule has 0 atom stereocenters. The minimum atomic E-state index is 0.170. The maximum Gasteiger partial charge on any atom is 0.157 e. The van der Waals surface area contributed by atoms with E-state index in [0.717, 1.165) is 17.1 Å². The summed E-state index contributed by atoms with van der Waals surface area (Å²) in [4.78, 5) is 8.75. The maximum absolute atomic E-state index is 10.2. The summed E-state index contributed by atoms with van der Waals surface area (Å²) in [5.74, 6) is 0.905. The smallest absolute Gasteiger partial charge is 0.157 e. The Bertz CT molecular complexity index is 1070. The Hall–Kier alpha value is -3.05. The van der Waals surface area contributed by atoms with Crippen molar-refractivity contribution in [1.29, 1.82) is 0 Å². The van der Waals surface area contributed by atoms with E-state index < -0.39 is 0 Å². The topological polar surface area (TPSA) is 62.5 Å². The molecule has 4 aromatic rings. The number of nitrogens with one attached hydrogen (secondary N) is 1. The second-order valence-electron chi connectivity index (χ2n) is 5.72. The van der Waals surface area contributed by atoms with Gasteiger partial charge in [-0.25, -0.2) is 4.98 Å². The first-order valence-electron chi connectivity index (χ1n) is 7.77. The summed E-state index contributed by atoms with van der Waals surface area (Å²) < 4.78 is 1.89. The first-order chi connectivity index (χ1) is 12.1. The normalized spacial score (nSPS) is 11.0. The number of rotatable bonds is 3. The predicted molar refractivity (Wildman–Crippen MR) is 99.6 cm³/mol. The summed E-state index contributed by atoms with van der Waals surface area (Å²) in [5.41, 5.74) is 3.82. The Morgan fingerprint density at radius 1 is 1.16 bits per heavy atom. The number of aryl methyl sites for hydroxylation is 1. The number of anilines is 2. The molecule has 0 amide bonds. The molecule has 0 spiro atoms. The number of benzene rings is 2. The van der Waals surface area contributed by atoms with Crippen molar-refractivity contribution in [3.63, 3.8) is 0 Å². The molecule has 4 rings (SSSR count). The van der Waals surface area contributed by atoms with Crippen LogP contribution in [0.4, 0.5) is 11.5 Å². The van der Waals surface area contributed by atoms with Gasteiger partial charge in [0.25, 0.3) is 0 Å². The molecule has 0 unspecified atom stereocenters. The summed E-state index contributed by atoms with van der Waals surface area (Å²) in [6.45, 7) is 1.96. The Kier molecular flexibility index (Phi) is 3.78. The van der Waals surface area contributed by atoms with Crippen molar-refractivity contribution < 1.29 is 5.11 Å². The number of fused-ring (bicyclic) bond motifs is 1. The molecule has 0 aliphatic rings. The Balaban J connectivity index is 1.90. The van der Waals surface area contributed by atoms with E-state index in [2.05, 4.69) is 15.3 Å². The largest absolute Gasteiger partial charge is 0.507 e. The van der Waals surface area contributed by atoms with E-state index in [1.165, 1.54) is 0 Å². The average molecular weight is 351 g/mol. The van der Waals surface area contributed by atoms with Crippen LogP contribution in [-0.2, 0) is 0 Å². The molecule has 2 aromatic carbocycles. The average Bonchev–Trinajstić information content (AvgIpc) is 2.97. The SMILES string of the molecule is Cc1ccc(Nc2c(-c3ccccc3O)nc3cnccn23)cc1Cl. The maximum atomic E-state index is 10.2. The number of nitrogens with zero attached hydrogens (tertiary/aromatic N) is 3.